The van der Waals surface area contributed by atoms with Crippen molar-refractivity contribution in [1.29, 1.82) is 0 Å². The van der Waals surface area contributed by atoms with Crippen LogP contribution in [0.3, 0.4) is 0 Å². The van der Waals surface area contributed by atoms with Crippen molar-refractivity contribution in [3.05, 3.63) is 89.6 Å². The largest absolute Gasteiger partial charge is 0.379 e. The average molecular weight is 430 g/mol. The van der Waals surface area contributed by atoms with E-state index < -0.39 is 0 Å². The van der Waals surface area contributed by atoms with E-state index in [0.717, 1.165) is 56.6 Å². The standard InChI is InChI=1S/C26H31N5O/c1-27-26(29-18-21-7-6-10-22(17-21)25-11-4-5-12-28-25)30-19-23-8-2-3-9-24(23)20-31-13-15-32-16-14-31/h2-12,17H,13-16,18-20H2,1H3,(H2,27,29,30). The number of guanidine groups is 1. The minimum absolute atomic E-state index is 0.690. The molecule has 2 heterocycles. The van der Waals surface area contributed by atoms with Crippen LogP contribution in [0.15, 0.2) is 77.9 Å². The highest BCUT2D eigenvalue weighted by Gasteiger charge is 2.13. The highest BCUT2D eigenvalue weighted by atomic mass is 16.5. The fourth-order valence-corrected chi connectivity index (χ4v) is 3.84. The number of benzene rings is 2. The fourth-order valence-electron chi connectivity index (χ4n) is 3.84. The molecule has 3 aromatic rings. The van der Waals surface area contributed by atoms with Crippen molar-refractivity contribution in [2.24, 2.45) is 4.99 Å². The van der Waals surface area contributed by atoms with E-state index in [9.17, 15) is 0 Å². The first-order valence-electron chi connectivity index (χ1n) is 11.1. The van der Waals surface area contributed by atoms with E-state index in [4.69, 9.17) is 4.74 Å². The van der Waals surface area contributed by atoms with E-state index in [2.05, 4.69) is 74.0 Å². The van der Waals surface area contributed by atoms with Crippen LogP contribution in [0.2, 0.25) is 0 Å². The first kappa shape index (κ1) is 22.0. The van der Waals surface area contributed by atoms with Gasteiger partial charge < -0.3 is 15.4 Å². The van der Waals surface area contributed by atoms with E-state index in [0.29, 0.717) is 6.54 Å². The lowest BCUT2D eigenvalue weighted by molar-refractivity contribution is 0.0341. The second-order valence-electron chi connectivity index (χ2n) is 7.85. The number of nitrogens with zero attached hydrogens (tertiary/aromatic N) is 3. The second kappa shape index (κ2) is 11.4. The van der Waals surface area contributed by atoms with Crippen LogP contribution in [0.5, 0.6) is 0 Å². The van der Waals surface area contributed by atoms with E-state index in [1.807, 2.05) is 24.4 Å². The molecule has 1 aromatic heterocycles. The summed E-state index contributed by atoms with van der Waals surface area (Å²) in [6.07, 6.45) is 1.82. The molecule has 2 N–H and O–H groups in total. The number of rotatable bonds is 7. The lowest BCUT2D eigenvalue weighted by Gasteiger charge is -2.27. The van der Waals surface area contributed by atoms with E-state index in [1.165, 1.54) is 16.7 Å². The summed E-state index contributed by atoms with van der Waals surface area (Å²) in [5, 5.41) is 6.89. The Morgan fingerprint density at radius 3 is 2.50 bits per heavy atom. The molecule has 2 aromatic carbocycles. The quantitative estimate of drug-likeness (QED) is 0.445. The van der Waals surface area contributed by atoms with E-state index in [1.54, 1.807) is 7.05 Å². The molecule has 4 rings (SSSR count). The van der Waals surface area contributed by atoms with Gasteiger partial charge in [0, 0.05) is 51.5 Å². The summed E-state index contributed by atoms with van der Waals surface area (Å²) in [6.45, 7) is 5.99. The molecule has 0 unspecified atom stereocenters. The van der Waals surface area contributed by atoms with Crippen LogP contribution in [0.25, 0.3) is 11.3 Å². The third kappa shape index (κ3) is 6.15. The van der Waals surface area contributed by atoms with Gasteiger partial charge in [-0.25, -0.2) is 0 Å². The molecule has 0 radical (unpaired) electrons. The Labute approximate surface area is 190 Å². The maximum atomic E-state index is 5.48. The monoisotopic (exact) mass is 429 g/mol. The predicted octanol–water partition coefficient (Wildman–Crippen LogP) is 3.45. The molecule has 166 valence electrons. The molecule has 0 spiro atoms. The van der Waals surface area contributed by atoms with Crippen LogP contribution in [0.1, 0.15) is 16.7 Å². The summed E-state index contributed by atoms with van der Waals surface area (Å²) in [5.74, 6) is 0.786. The summed E-state index contributed by atoms with van der Waals surface area (Å²) < 4.78 is 5.48. The number of pyridine rings is 1. The van der Waals surface area contributed by atoms with Crippen molar-refractivity contribution in [2.75, 3.05) is 33.4 Å². The van der Waals surface area contributed by atoms with Crippen LogP contribution in [-0.2, 0) is 24.4 Å². The molecule has 32 heavy (non-hydrogen) atoms. The molecule has 0 atom stereocenters. The summed E-state index contributed by atoms with van der Waals surface area (Å²) >= 11 is 0. The van der Waals surface area contributed by atoms with Crippen LogP contribution in [0, 0.1) is 0 Å². The van der Waals surface area contributed by atoms with Crippen LogP contribution < -0.4 is 10.6 Å². The number of ether oxygens (including phenoxy) is 1. The number of morpholine rings is 1. The zero-order valence-electron chi connectivity index (χ0n) is 18.6. The zero-order valence-corrected chi connectivity index (χ0v) is 18.6. The Bertz CT molecular complexity index is 1020. The van der Waals surface area contributed by atoms with Gasteiger partial charge in [-0.15, -0.1) is 0 Å². The van der Waals surface area contributed by atoms with Crippen molar-refractivity contribution >= 4 is 5.96 Å². The molecule has 0 amide bonds. The van der Waals surface area contributed by atoms with Gasteiger partial charge >= 0.3 is 0 Å². The molecule has 1 aliphatic rings. The zero-order chi connectivity index (χ0) is 22.0. The summed E-state index contributed by atoms with van der Waals surface area (Å²) in [6, 6.07) is 23.0. The van der Waals surface area contributed by atoms with Gasteiger partial charge in [-0.1, -0.05) is 48.5 Å². The smallest absolute Gasteiger partial charge is 0.191 e. The summed E-state index contributed by atoms with van der Waals surface area (Å²) in [4.78, 5) is 11.3. The molecular formula is C26H31N5O. The highest BCUT2D eigenvalue weighted by Crippen LogP contribution is 2.17. The number of aromatic nitrogens is 1. The van der Waals surface area contributed by atoms with E-state index in [-0.39, 0.29) is 0 Å². The summed E-state index contributed by atoms with van der Waals surface area (Å²) in [5.41, 5.74) is 5.92. The number of nitrogens with one attached hydrogen (secondary N) is 2. The van der Waals surface area contributed by atoms with Gasteiger partial charge in [0.2, 0.25) is 0 Å². The van der Waals surface area contributed by atoms with Gasteiger partial charge in [0.15, 0.2) is 5.96 Å². The maximum absolute atomic E-state index is 5.48. The first-order chi connectivity index (χ1) is 15.8. The molecule has 0 aliphatic carbocycles. The number of aliphatic imine (C=N–C) groups is 1. The van der Waals surface area contributed by atoms with E-state index >= 15 is 0 Å². The van der Waals surface area contributed by atoms with Gasteiger partial charge in [-0.2, -0.15) is 0 Å². The number of hydrogen-bond donors (Lipinski definition) is 2. The average Bonchev–Trinajstić information content (AvgIpc) is 2.86. The Kier molecular flexibility index (Phi) is 7.84. The Hall–Kier alpha value is -3.22. The molecule has 1 fully saturated rings. The van der Waals surface area contributed by atoms with Gasteiger partial charge in [0.1, 0.15) is 0 Å². The van der Waals surface area contributed by atoms with Crippen molar-refractivity contribution < 1.29 is 4.74 Å². The third-order valence-electron chi connectivity index (χ3n) is 5.63. The first-order valence-corrected chi connectivity index (χ1v) is 11.1. The second-order valence-corrected chi connectivity index (χ2v) is 7.85. The minimum Gasteiger partial charge on any atom is -0.379 e. The van der Waals surface area contributed by atoms with Crippen LogP contribution >= 0.6 is 0 Å². The lowest BCUT2D eigenvalue weighted by atomic mass is 10.1. The lowest BCUT2D eigenvalue weighted by Crippen LogP contribution is -2.37. The molecule has 0 bridgehead atoms. The third-order valence-corrected chi connectivity index (χ3v) is 5.63. The Morgan fingerprint density at radius 2 is 1.72 bits per heavy atom. The van der Waals surface area contributed by atoms with Crippen molar-refractivity contribution in [1.82, 2.24) is 20.5 Å². The SMILES string of the molecule is CN=C(NCc1cccc(-c2ccccn2)c1)NCc1ccccc1CN1CCOCC1. The Morgan fingerprint density at radius 1 is 0.938 bits per heavy atom. The topological polar surface area (TPSA) is 61.8 Å². The molecule has 0 saturated carbocycles. The molecule has 1 saturated heterocycles. The summed E-state index contributed by atoms with van der Waals surface area (Å²) in [7, 11) is 1.80. The molecule has 1 aliphatic heterocycles. The number of hydrogen-bond acceptors (Lipinski definition) is 4. The predicted molar refractivity (Wildman–Crippen MR) is 129 cm³/mol. The molecular weight excluding hydrogens is 398 g/mol. The van der Waals surface area contributed by atoms with Gasteiger partial charge in [-0.3, -0.25) is 14.9 Å². The van der Waals surface area contributed by atoms with Crippen LogP contribution in [0.4, 0.5) is 0 Å². The van der Waals surface area contributed by atoms with Gasteiger partial charge in [-0.05, 0) is 34.9 Å². The maximum Gasteiger partial charge on any atom is 0.191 e. The molecule has 6 nitrogen and oxygen atoms in total. The van der Waals surface area contributed by atoms with Crippen molar-refractivity contribution in [2.45, 2.75) is 19.6 Å². The normalized spacial score (nSPS) is 14.8. The van der Waals surface area contributed by atoms with Gasteiger partial charge in [0.25, 0.3) is 0 Å². The van der Waals surface area contributed by atoms with Crippen molar-refractivity contribution in [3.8, 4) is 11.3 Å². The molecule has 6 heteroatoms. The van der Waals surface area contributed by atoms with Crippen molar-refractivity contribution in [3.63, 3.8) is 0 Å². The minimum atomic E-state index is 0.690. The highest BCUT2D eigenvalue weighted by molar-refractivity contribution is 5.79. The fraction of sp³-hybridized carbons (Fsp3) is 0.308. The Balaban J connectivity index is 1.33. The van der Waals surface area contributed by atoms with Crippen LogP contribution in [-0.4, -0.2) is 49.2 Å². The van der Waals surface area contributed by atoms with Gasteiger partial charge in [0.05, 0.1) is 18.9 Å².